The minimum absolute atomic E-state index is 0.133. The SMILES string of the molecule is C[C@H](C(=O)NC1CCCC1)N(Cc1ccc(Cl)c(Cl)c1)C(=O)CN1C(=O)c2cccc3cccc1c23. The molecule has 1 heterocycles. The molecule has 8 heteroatoms. The number of hydrogen-bond donors (Lipinski definition) is 1. The molecule has 0 radical (unpaired) electrons. The summed E-state index contributed by atoms with van der Waals surface area (Å²) in [5.41, 5.74) is 2.04. The van der Waals surface area contributed by atoms with E-state index in [0.717, 1.165) is 42.0 Å². The summed E-state index contributed by atoms with van der Waals surface area (Å²) in [6.07, 6.45) is 4.08. The summed E-state index contributed by atoms with van der Waals surface area (Å²) in [7, 11) is 0. The van der Waals surface area contributed by atoms with Crippen LogP contribution in [0.4, 0.5) is 5.69 Å². The van der Waals surface area contributed by atoms with Gasteiger partial charge in [-0.25, -0.2) is 0 Å². The van der Waals surface area contributed by atoms with Crippen molar-refractivity contribution < 1.29 is 14.4 Å². The number of anilines is 1. The molecule has 0 aromatic heterocycles. The second-order valence-corrected chi connectivity index (χ2v) is 10.3. The number of nitrogens with zero attached hydrogens (tertiary/aromatic N) is 2. The van der Waals surface area contributed by atoms with Crippen molar-refractivity contribution >= 4 is 57.4 Å². The summed E-state index contributed by atoms with van der Waals surface area (Å²) < 4.78 is 0. The molecule has 0 spiro atoms. The number of nitrogens with one attached hydrogen (secondary N) is 1. The molecule has 3 amide bonds. The first kappa shape index (κ1) is 24.6. The number of benzene rings is 3. The van der Waals surface area contributed by atoms with Crippen LogP contribution in [-0.4, -0.2) is 41.2 Å². The van der Waals surface area contributed by atoms with Crippen molar-refractivity contribution in [2.45, 2.75) is 51.2 Å². The fraction of sp³-hybridized carbons (Fsp3) is 0.321. The minimum atomic E-state index is -0.733. The Balaban J connectivity index is 1.41. The van der Waals surface area contributed by atoms with Gasteiger partial charge in [-0.2, -0.15) is 0 Å². The molecule has 1 saturated carbocycles. The number of carbonyl (C=O) groups excluding carboxylic acids is 3. The molecule has 5 rings (SSSR count). The van der Waals surface area contributed by atoms with E-state index in [1.807, 2.05) is 30.3 Å². The molecule has 186 valence electrons. The van der Waals surface area contributed by atoms with Crippen LogP contribution in [-0.2, 0) is 16.1 Å². The lowest BCUT2D eigenvalue weighted by Crippen LogP contribution is -2.52. The van der Waals surface area contributed by atoms with Gasteiger partial charge in [0.2, 0.25) is 11.8 Å². The van der Waals surface area contributed by atoms with Crippen LogP contribution in [0.2, 0.25) is 10.0 Å². The zero-order chi connectivity index (χ0) is 25.4. The van der Waals surface area contributed by atoms with Gasteiger partial charge in [0.05, 0.1) is 15.7 Å². The van der Waals surface area contributed by atoms with Crippen LogP contribution in [0.1, 0.15) is 48.5 Å². The summed E-state index contributed by atoms with van der Waals surface area (Å²) in [5.74, 6) is -0.741. The fourth-order valence-corrected chi connectivity index (χ4v) is 5.49. The summed E-state index contributed by atoms with van der Waals surface area (Å²) in [6.45, 7) is 1.71. The van der Waals surface area contributed by atoms with E-state index in [-0.39, 0.29) is 36.9 Å². The van der Waals surface area contributed by atoms with Gasteiger partial charge >= 0.3 is 0 Å². The molecule has 2 aliphatic rings. The summed E-state index contributed by atoms with van der Waals surface area (Å²) >= 11 is 12.3. The van der Waals surface area contributed by atoms with Gasteiger partial charge in [-0.3, -0.25) is 19.3 Å². The highest BCUT2D eigenvalue weighted by Crippen LogP contribution is 2.37. The van der Waals surface area contributed by atoms with Crippen LogP contribution in [0.25, 0.3) is 10.8 Å². The fourth-order valence-electron chi connectivity index (χ4n) is 5.17. The molecular formula is C28H27Cl2N3O3. The average Bonchev–Trinajstić information content (AvgIpc) is 3.48. The van der Waals surface area contributed by atoms with Crippen LogP contribution >= 0.6 is 23.2 Å². The summed E-state index contributed by atoms with van der Waals surface area (Å²) in [4.78, 5) is 43.2. The number of hydrogen-bond acceptors (Lipinski definition) is 3. The van der Waals surface area contributed by atoms with E-state index in [1.54, 1.807) is 31.2 Å². The maximum Gasteiger partial charge on any atom is 0.259 e. The van der Waals surface area contributed by atoms with Crippen LogP contribution in [0.3, 0.4) is 0 Å². The van der Waals surface area contributed by atoms with Gasteiger partial charge in [0.1, 0.15) is 12.6 Å². The second kappa shape index (κ2) is 10.1. The van der Waals surface area contributed by atoms with Gasteiger partial charge in [0, 0.05) is 23.5 Å². The van der Waals surface area contributed by atoms with E-state index in [0.29, 0.717) is 21.3 Å². The van der Waals surface area contributed by atoms with Crippen LogP contribution < -0.4 is 10.2 Å². The number of halogens is 2. The largest absolute Gasteiger partial charge is 0.352 e. The van der Waals surface area contributed by atoms with Crippen molar-refractivity contribution in [3.8, 4) is 0 Å². The predicted octanol–water partition coefficient (Wildman–Crippen LogP) is 5.58. The summed E-state index contributed by atoms with van der Waals surface area (Å²) in [5, 5.41) is 5.68. The molecule has 1 aliphatic heterocycles. The maximum absolute atomic E-state index is 13.7. The molecule has 6 nitrogen and oxygen atoms in total. The van der Waals surface area contributed by atoms with Crippen LogP contribution in [0, 0.1) is 0 Å². The molecule has 1 aliphatic carbocycles. The lowest BCUT2D eigenvalue weighted by molar-refractivity contribution is -0.139. The number of rotatable bonds is 7. The zero-order valence-electron chi connectivity index (χ0n) is 20.0. The Morgan fingerprint density at radius 1 is 1.06 bits per heavy atom. The van der Waals surface area contributed by atoms with Crippen molar-refractivity contribution in [2.75, 3.05) is 11.4 Å². The molecular weight excluding hydrogens is 497 g/mol. The normalized spacial score (nSPS) is 16.0. The Morgan fingerprint density at radius 2 is 1.78 bits per heavy atom. The number of amides is 3. The maximum atomic E-state index is 13.7. The first-order chi connectivity index (χ1) is 17.3. The van der Waals surface area contributed by atoms with Gasteiger partial charge in [-0.1, -0.05) is 66.4 Å². The molecule has 1 fully saturated rings. The minimum Gasteiger partial charge on any atom is -0.352 e. The Labute approximate surface area is 220 Å². The standard InChI is InChI=1S/C28H27Cl2N3O3/c1-17(27(35)31-20-8-2-3-9-20)32(15-18-12-13-22(29)23(30)14-18)25(34)16-33-24-11-5-7-19-6-4-10-21(26(19)24)28(33)36/h4-7,10-14,17,20H,2-3,8-9,15-16H2,1H3,(H,31,35)/t17-/m1/s1. The monoisotopic (exact) mass is 523 g/mol. The van der Waals surface area contributed by atoms with Gasteiger partial charge < -0.3 is 10.2 Å². The van der Waals surface area contributed by atoms with E-state index in [9.17, 15) is 14.4 Å². The van der Waals surface area contributed by atoms with Crippen molar-refractivity contribution in [3.05, 3.63) is 75.8 Å². The highest BCUT2D eigenvalue weighted by Gasteiger charge is 2.34. The van der Waals surface area contributed by atoms with Gasteiger partial charge in [-0.15, -0.1) is 0 Å². The summed E-state index contributed by atoms with van der Waals surface area (Å²) in [6, 6.07) is 15.8. The third kappa shape index (κ3) is 4.67. The Kier molecular flexibility index (Phi) is 6.91. The van der Waals surface area contributed by atoms with Crippen LogP contribution in [0.15, 0.2) is 54.6 Å². The van der Waals surface area contributed by atoms with E-state index in [1.165, 1.54) is 9.80 Å². The quantitative estimate of drug-likeness (QED) is 0.439. The van der Waals surface area contributed by atoms with Crippen molar-refractivity contribution in [2.24, 2.45) is 0 Å². The van der Waals surface area contributed by atoms with Gasteiger partial charge in [0.25, 0.3) is 5.91 Å². The topological polar surface area (TPSA) is 69.7 Å². The van der Waals surface area contributed by atoms with E-state index in [4.69, 9.17) is 23.2 Å². The van der Waals surface area contributed by atoms with Crippen molar-refractivity contribution in [1.29, 1.82) is 0 Å². The Morgan fingerprint density at radius 3 is 2.50 bits per heavy atom. The zero-order valence-corrected chi connectivity index (χ0v) is 21.5. The lowest BCUT2D eigenvalue weighted by Gasteiger charge is -2.31. The van der Waals surface area contributed by atoms with Crippen molar-refractivity contribution in [1.82, 2.24) is 10.2 Å². The van der Waals surface area contributed by atoms with Gasteiger partial charge in [0.15, 0.2) is 0 Å². The highest BCUT2D eigenvalue weighted by atomic mass is 35.5. The van der Waals surface area contributed by atoms with Crippen molar-refractivity contribution in [3.63, 3.8) is 0 Å². The first-order valence-electron chi connectivity index (χ1n) is 12.2. The third-order valence-corrected chi connectivity index (χ3v) is 7.89. The first-order valence-corrected chi connectivity index (χ1v) is 13.0. The van der Waals surface area contributed by atoms with Crippen LogP contribution in [0.5, 0.6) is 0 Å². The molecule has 3 aromatic carbocycles. The van der Waals surface area contributed by atoms with E-state index in [2.05, 4.69) is 5.32 Å². The molecule has 36 heavy (non-hydrogen) atoms. The molecule has 1 N–H and O–H groups in total. The van der Waals surface area contributed by atoms with E-state index >= 15 is 0 Å². The molecule has 1 atom stereocenters. The molecule has 3 aromatic rings. The third-order valence-electron chi connectivity index (χ3n) is 7.15. The molecule has 0 unspecified atom stereocenters. The predicted molar refractivity (Wildman–Crippen MR) is 142 cm³/mol. The average molecular weight is 524 g/mol. The van der Waals surface area contributed by atoms with Gasteiger partial charge in [-0.05, 0) is 55.0 Å². The molecule has 0 saturated heterocycles. The Hall–Kier alpha value is -3.09. The Bertz CT molecular complexity index is 1350. The number of carbonyl (C=O) groups is 3. The molecule has 0 bridgehead atoms. The lowest BCUT2D eigenvalue weighted by atomic mass is 10.1. The highest BCUT2D eigenvalue weighted by molar-refractivity contribution is 6.42. The second-order valence-electron chi connectivity index (χ2n) is 9.51. The van der Waals surface area contributed by atoms with E-state index < -0.39 is 6.04 Å². The smallest absolute Gasteiger partial charge is 0.259 e.